The number of fused-ring (bicyclic) bond motifs is 1. The molecule has 1 saturated heterocycles. The first-order chi connectivity index (χ1) is 23.7. The SMILES string of the molecule is CN1CC23CC4CC5C=C6CC7C=C8CC9CC%10C=C(c%11c%12c%13c%14c(c8c8c%14c%14c%15c(c4c2c%11c%15%13)C5C%14=C6C87)C9C=%12%10)C3C1c1cccs1. The predicted molar refractivity (Wildman–Crippen MR) is 193 cm³/mol. The van der Waals surface area contributed by atoms with Gasteiger partial charge in [-0.05, 0) is 190 Å². The fourth-order valence-corrected chi connectivity index (χ4v) is 18.6. The van der Waals surface area contributed by atoms with Gasteiger partial charge in [0.2, 0.25) is 0 Å². The summed E-state index contributed by atoms with van der Waals surface area (Å²) in [5, 5.41) is 15.0. The van der Waals surface area contributed by atoms with Crippen LogP contribution in [0.25, 0.3) is 54.6 Å². The van der Waals surface area contributed by atoms with E-state index in [1.807, 2.05) is 72.1 Å². The molecule has 2 heteroatoms. The molecule has 0 bridgehead atoms. The number of thiophene rings is 1. The van der Waals surface area contributed by atoms with Crippen molar-refractivity contribution in [2.45, 2.75) is 67.2 Å². The number of allylic oxidation sites excluding steroid dienone is 7. The van der Waals surface area contributed by atoms with Crippen LogP contribution in [-0.2, 0) is 5.41 Å². The lowest BCUT2D eigenvalue weighted by molar-refractivity contribution is 0.302. The molecule has 0 N–H and O–H groups in total. The van der Waals surface area contributed by atoms with Crippen LogP contribution in [0.3, 0.4) is 0 Å². The molecule has 4 aromatic carbocycles. The molecule has 48 heavy (non-hydrogen) atoms. The van der Waals surface area contributed by atoms with Crippen LogP contribution in [0, 0.1) is 29.6 Å². The van der Waals surface area contributed by atoms with Gasteiger partial charge in [0.05, 0.1) is 6.04 Å². The zero-order valence-electron chi connectivity index (χ0n) is 26.8. The molecule has 13 aliphatic rings. The quantitative estimate of drug-likeness (QED) is 0.179. The Balaban J connectivity index is 1.17. The summed E-state index contributed by atoms with van der Waals surface area (Å²) in [5.41, 5.74) is 26.1. The van der Waals surface area contributed by atoms with Crippen LogP contribution >= 0.6 is 11.3 Å². The van der Waals surface area contributed by atoms with Crippen LogP contribution in [-0.4, -0.2) is 18.5 Å². The first kappa shape index (κ1) is 22.3. The van der Waals surface area contributed by atoms with Crippen LogP contribution in [0.15, 0.2) is 46.9 Å². The standard InChI is InChI=1S/C46H31NS/c1-47-13-46-12-20-10-18-8-15-5-14-6-17-7-16-9-19-11-21(43(46)45(47)22-3-2-4-48-22)30-35-26(19)25(16)32-27(17)31-23(14)24(15)33-28(18)34-29(20)44(46)42(30)41-39(34)37(33)36(31)38(32)40(35)41/h2-4,6,8,11,14,16,18-20,23,25,28,43,45H,5,7,9-10,12-13H2,1H3. The molecule has 3 fully saturated rings. The minimum atomic E-state index is 0.243. The Labute approximate surface area is 281 Å². The molecule has 2 heterocycles. The highest BCUT2D eigenvalue weighted by Gasteiger charge is 2.67. The van der Waals surface area contributed by atoms with Gasteiger partial charge in [-0.15, -0.1) is 11.3 Å². The monoisotopic (exact) mass is 629 g/mol. The molecular weight excluding hydrogens is 599 g/mol. The molecule has 12 aliphatic carbocycles. The summed E-state index contributed by atoms with van der Waals surface area (Å²) in [6.07, 6.45) is 15.5. The normalized spacial score (nSPS) is 42.9. The van der Waals surface area contributed by atoms with Gasteiger partial charge >= 0.3 is 0 Å². The van der Waals surface area contributed by atoms with E-state index in [0.717, 1.165) is 11.8 Å². The largest absolute Gasteiger partial charge is 0.297 e. The zero-order chi connectivity index (χ0) is 29.7. The summed E-state index contributed by atoms with van der Waals surface area (Å²) in [6.45, 7) is 1.23. The Hall–Kier alpha value is -3.46. The van der Waals surface area contributed by atoms with Gasteiger partial charge in [0.25, 0.3) is 0 Å². The molecular formula is C46H31NS. The maximum atomic E-state index is 2.96. The lowest BCUT2D eigenvalue weighted by Gasteiger charge is -2.42. The number of rotatable bonds is 1. The van der Waals surface area contributed by atoms with Crippen molar-refractivity contribution < 1.29 is 0 Å². The van der Waals surface area contributed by atoms with Crippen molar-refractivity contribution in [3.8, 4) is 0 Å². The number of hydrogen-bond donors (Lipinski definition) is 0. The lowest BCUT2D eigenvalue weighted by atomic mass is 9.60. The first-order valence-electron chi connectivity index (χ1n) is 19.3. The number of likely N-dealkylation sites (N-methyl/N-ethyl adjacent to an activating group) is 1. The van der Waals surface area contributed by atoms with Crippen LogP contribution in [0.1, 0.15) is 111 Å². The Bertz CT molecular complexity index is 2920. The van der Waals surface area contributed by atoms with Gasteiger partial charge in [-0.25, -0.2) is 0 Å². The summed E-state index contributed by atoms with van der Waals surface area (Å²) < 4.78 is 0. The summed E-state index contributed by atoms with van der Waals surface area (Å²) in [5.74, 6) is 6.04. The van der Waals surface area contributed by atoms with Gasteiger partial charge in [-0.2, -0.15) is 0 Å². The Morgan fingerprint density at radius 3 is 2.60 bits per heavy atom. The molecule has 1 aromatic heterocycles. The van der Waals surface area contributed by atoms with E-state index >= 15 is 0 Å². The molecule has 226 valence electrons. The summed E-state index contributed by atoms with van der Waals surface area (Å²) in [7, 11) is 2.50. The van der Waals surface area contributed by atoms with Crippen molar-refractivity contribution in [3.63, 3.8) is 0 Å². The van der Waals surface area contributed by atoms with E-state index in [0.29, 0.717) is 47.5 Å². The molecule has 1 nitrogen and oxygen atoms in total. The third-order valence-electron chi connectivity index (χ3n) is 17.9. The van der Waals surface area contributed by atoms with E-state index in [1.165, 1.54) is 38.6 Å². The minimum Gasteiger partial charge on any atom is -0.297 e. The smallest absolute Gasteiger partial charge is 0.0516 e. The van der Waals surface area contributed by atoms with Gasteiger partial charge in [-0.3, -0.25) is 4.90 Å². The maximum absolute atomic E-state index is 2.96. The molecule has 0 radical (unpaired) electrons. The molecule has 11 atom stereocenters. The van der Waals surface area contributed by atoms with Gasteiger partial charge in [0.15, 0.2) is 0 Å². The highest BCUT2D eigenvalue weighted by atomic mass is 32.1. The van der Waals surface area contributed by atoms with E-state index < -0.39 is 0 Å². The lowest BCUT2D eigenvalue weighted by Crippen LogP contribution is -2.39. The van der Waals surface area contributed by atoms with Crippen molar-refractivity contribution in [1.82, 2.24) is 4.90 Å². The summed E-state index contributed by atoms with van der Waals surface area (Å²) in [4.78, 5) is 4.45. The van der Waals surface area contributed by atoms with E-state index in [2.05, 4.69) is 47.7 Å². The third kappa shape index (κ3) is 1.67. The maximum Gasteiger partial charge on any atom is 0.0516 e. The van der Waals surface area contributed by atoms with Crippen molar-refractivity contribution in [2.24, 2.45) is 29.6 Å². The number of hydrogen-bond acceptors (Lipinski definition) is 2. The molecule has 5 aromatic rings. The fraction of sp³-hybridized carbons (Fsp3) is 0.391. The van der Waals surface area contributed by atoms with E-state index in [9.17, 15) is 0 Å². The van der Waals surface area contributed by atoms with Crippen molar-refractivity contribution in [2.75, 3.05) is 13.6 Å². The Kier molecular flexibility index (Phi) is 2.79. The van der Waals surface area contributed by atoms with E-state index in [1.54, 1.807) is 59.6 Å². The Morgan fingerprint density at radius 1 is 0.771 bits per heavy atom. The molecule has 0 amide bonds. The van der Waals surface area contributed by atoms with Gasteiger partial charge < -0.3 is 0 Å². The second kappa shape index (κ2) is 6.01. The topological polar surface area (TPSA) is 3.24 Å². The minimum absolute atomic E-state index is 0.243. The number of benzene rings is 2. The van der Waals surface area contributed by atoms with Gasteiger partial charge in [0, 0.05) is 46.4 Å². The second-order valence-electron chi connectivity index (χ2n) is 19.0. The van der Waals surface area contributed by atoms with Crippen LogP contribution in [0.4, 0.5) is 0 Å². The highest BCUT2D eigenvalue weighted by Crippen LogP contribution is 2.79. The molecule has 2 saturated carbocycles. The van der Waals surface area contributed by atoms with E-state index in [4.69, 9.17) is 0 Å². The average Bonchev–Trinajstić information content (AvgIpc) is 3.92. The Morgan fingerprint density at radius 2 is 1.67 bits per heavy atom. The van der Waals surface area contributed by atoms with Gasteiger partial charge in [-0.1, -0.05) is 24.3 Å². The summed E-state index contributed by atoms with van der Waals surface area (Å²) >= 11 is 2.03. The van der Waals surface area contributed by atoms with E-state index in [-0.39, 0.29) is 5.41 Å². The first-order valence-corrected chi connectivity index (χ1v) is 20.2. The van der Waals surface area contributed by atoms with Gasteiger partial charge in [0.1, 0.15) is 0 Å². The predicted octanol–water partition coefficient (Wildman–Crippen LogP) is 9.42. The molecule has 18 rings (SSSR count). The summed E-state index contributed by atoms with van der Waals surface area (Å²) in [6, 6.07) is 5.30. The second-order valence-corrected chi connectivity index (χ2v) is 20.0. The molecule has 1 aliphatic heterocycles. The van der Waals surface area contributed by atoms with Crippen molar-refractivity contribution in [1.29, 1.82) is 0 Å². The van der Waals surface area contributed by atoms with Crippen LogP contribution in [0.2, 0.25) is 0 Å². The van der Waals surface area contributed by atoms with Crippen molar-refractivity contribution >= 4 is 65.9 Å². The van der Waals surface area contributed by atoms with Crippen LogP contribution in [0.5, 0.6) is 0 Å². The number of likely N-dealkylation sites (tertiary alicyclic amines) is 1. The third-order valence-corrected chi connectivity index (χ3v) is 18.9. The molecule has 11 unspecified atom stereocenters. The zero-order valence-corrected chi connectivity index (χ0v) is 27.7. The number of nitrogens with zero attached hydrogens (tertiary/aromatic N) is 1. The average molecular weight is 630 g/mol. The van der Waals surface area contributed by atoms with Crippen LogP contribution < -0.4 is 5.22 Å². The molecule has 1 spiro atoms. The fourth-order valence-electron chi connectivity index (χ4n) is 17.7. The highest BCUT2D eigenvalue weighted by molar-refractivity contribution is 7.10. The van der Waals surface area contributed by atoms with Crippen molar-refractivity contribution in [3.05, 3.63) is 101 Å².